The van der Waals surface area contributed by atoms with E-state index >= 15 is 0 Å². The molecule has 0 radical (unpaired) electrons. The molecular formula is C14H29NO3. The molecule has 0 aliphatic carbocycles. The monoisotopic (exact) mass is 259 g/mol. The number of rotatable bonds is 10. The van der Waals surface area contributed by atoms with Crippen LogP contribution in [0.2, 0.25) is 0 Å². The first kappa shape index (κ1) is 17.6. The smallest absolute Gasteiger partial charge is 0.132 e. The van der Waals surface area contributed by atoms with Gasteiger partial charge in [-0.3, -0.25) is 4.79 Å². The van der Waals surface area contributed by atoms with Crippen molar-refractivity contribution in [2.75, 3.05) is 19.8 Å². The van der Waals surface area contributed by atoms with Crippen LogP contribution in [0.15, 0.2) is 0 Å². The molecule has 2 N–H and O–H groups in total. The Labute approximate surface area is 111 Å². The van der Waals surface area contributed by atoms with Gasteiger partial charge in [-0.25, -0.2) is 0 Å². The van der Waals surface area contributed by atoms with E-state index in [1.165, 1.54) is 0 Å². The average Bonchev–Trinajstić information content (AvgIpc) is 2.26. The predicted molar refractivity (Wildman–Crippen MR) is 73.6 cm³/mol. The molecule has 0 amide bonds. The molecule has 1 unspecified atom stereocenters. The summed E-state index contributed by atoms with van der Waals surface area (Å²) >= 11 is 0. The summed E-state index contributed by atoms with van der Waals surface area (Å²) in [5.74, 6) is 0.147. The minimum Gasteiger partial charge on any atom is -0.373 e. The van der Waals surface area contributed by atoms with E-state index in [2.05, 4.69) is 13.8 Å². The highest BCUT2D eigenvalue weighted by Crippen LogP contribution is 2.22. The minimum absolute atomic E-state index is 0.147. The quantitative estimate of drug-likeness (QED) is 0.654. The zero-order valence-corrected chi connectivity index (χ0v) is 12.5. The molecule has 108 valence electrons. The molecule has 0 aliphatic heterocycles. The van der Waals surface area contributed by atoms with Crippen LogP contribution in [-0.4, -0.2) is 36.7 Å². The van der Waals surface area contributed by atoms with Crippen molar-refractivity contribution in [1.29, 1.82) is 0 Å². The van der Waals surface area contributed by atoms with Crippen molar-refractivity contribution < 1.29 is 14.3 Å². The lowest BCUT2D eigenvalue weighted by molar-refractivity contribution is -0.134. The summed E-state index contributed by atoms with van der Waals surface area (Å²) in [5.41, 5.74) is 5.04. The summed E-state index contributed by atoms with van der Waals surface area (Å²) in [6.07, 6.45) is 2.22. The fourth-order valence-corrected chi connectivity index (χ4v) is 1.52. The Morgan fingerprint density at radius 2 is 1.83 bits per heavy atom. The normalized spacial score (nSPS) is 15.4. The number of hydrogen-bond donors (Lipinski definition) is 1. The molecule has 0 aromatic carbocycles. The highest BCUT2D eigenvalue weighted by atomic mass is 16.6. The largest absolute Gasteiger partial charge is 0.373 e. The van der Waals surface area contributed by atoms with Gasteiger partial charge in [0.1, 0.15) is 5.78 Å². The van der Waals surface area contributed by atoms with Gasteiger partial charge >= 0.3 is 0 Å². The van der Waals surface area contributed by atoms with E-state index < -0.39 is 0 Å². The molecule has 0 aromatic heterocycles. The first-order chi connectivity index (χ1) is 8.24. The number of Topliss-reactive ketones (excluding diaryl/α,β-unsaturated/α-hetero) is 1. The zero-order chi connectivity index (χ0) is 14.2. The lowest BCUT2D eigenvalue weighted by Crippen LogP contribution is -2.39. The molecule has 18 heavy (non-hydrogen) atoms. The van der Waals surface area contributed by atoms with Crippen molar-refractivity contribution in [1.82, 2.24) is 0 Å². The second-order valence-corrected chi connectivity index (χ2v) is 5.69. The molecule has 0 aromatic rings. The molecule has 4 heteroatoms. The molecule has 0 rings (SSSR count). The van der Waals surface area contributed by atoms with Crippen LogP contribution in [-0.2, 0) is 14.3 Å². The fraction of sp³-hybridized carbons (Fsp3) is 0.929. The Morgan fingerprint density at radius 3 is 2.28 bits per heavy atom. The highest BCUT2D eigenvalue weighted by Gasteiger charge is 2.27. The van der Waals surface area contributed by atoms with Gasteiger partial charge in [0.15, 0.2) is 0 Å². The van der Waals surface area contributed by atoms with Crippen LogP contribution in [0.25, 0.3) is 0 Å². The van der Waals surface area contributed by atoms with E-state index in [0.717, 1.165) is 12.8 Å². The third-order valence-corrected chi connectivity index (χ3v) is 3.14. The summed E-state index contributed by atoms with van der Waals surface area (Å²) < 4.78 is 11.6. The maximum absolute atomic E-state index is 10.9. The van der Waals surface area contributed by atoms with E-state index in [-0.39, 0.29) is 17.0 Å². The number of carbonyl (C=O) groups is 1. The van der Waals surface area contributed by atoms with E-state index in [9.17, 15) is 4.79 Å². The standard InChI is InChI=1S/C14H29NO3/c1-6-14(5,8-9-15)18-11-13(3,4)17-10-7-12(2)16/h6-11,15H2,1-5H3. The van der Waals surface area contributed by atoms with Gasteiger partial charge in [0.2, 0.25) is 0 Å². The number of carbonyl (C=O) groups excluding carboxylic acids is 1. The minimum atomic E-state index is -0.375. The van der Waals surface area contributed by atoms with E-state index in [1.54, 1.807) is 6.92 Å². The van der Waals surface area contributed by atoms with Gasteiger partial charge in [-0.1, -0.05) is 6.92 Å². The first-order valence-electron chi connectivity index (χ1n) is 6.72. The summed E-state index contributed by atoms with van der Waals surface area (Å²) in [6.45, 7) is 11.3. The van der Waals surface area contributed by atoms with Crippen LogP contribution in [0.4, 0.5) is 0 Å². The van der Waals surface area contributed by atoms with Crippen molar-refractivity contribution in [2.45, 2.75) is 65.1 Å². The second kappa shape index (κ2) is 7.87. The molecule has 0 saturated carbocycles. The van der Waals surface area contributed by atoms with Crippen molar-refractivity contribution in [3.63, 3.8) is 0 Å². The topological polar surface area (TPSA) is 61.6 Å². The van der Waals surface area contributed by atoms with E-state index in [0.29, 0.717) is 26.2 Å². The van der Waals surface area contributed by atoms with Gasteiger partial charge in [0.25, 0.3) is 0 Å². The lowest BCUT2D eigenvalue weighted by Gasteiger charge is -2.33. The van der Waals surface area contributed by atoms with Crippen molar-refractivity contribution in [3.8, 4) is 0 Å². The van der Waals surface area contributed by atoms with Gasteiger partial charge < -0.3 is 15.2 Å². The molecule has 0 saturated heterocycles. The van der Waals surface area contributed by atoms with Gasteiger partial charge in [-0.05, 0) is 47.1 Å². The maximum atomic E-state index is 10.9. The van der Waals surface area contributed by atoms with E-state index in [4.69, 9.17) is 15.2 Å². The molecule has 0 heterocycles. The molecule has 0 fully saturated rings. The summed E-state index contributed by atoms with van der Waals surface area (Å²) in [5, 5.41) is 0. The summed E-state index contributed by atoms with van der Waals surface area (Å²) in [7, 11) is 0. The Balaban J connectivity index is 4.11. The van der Waals surface area contributed by atoms with E-state index in [1.807, 2.05) is 13.8 Å². The maximum Gasteiger partial charge on any atom is 0.132 e. The van der Waals surface area contributed by atoms with Crippen LogP contribution in [0.5, 0.6) is 0 Å². The molecule has 0 spiro atoms. The zero-order valence-electron chi connectivity index (χ0n) is 12.5. The van der Waals surface area contributed by atoms with Crippen LogP contribution >= 0.6 is 0 Å². The average molecular weight is 259 g/mol. The summed E-state index contributed by atoms with van der Waals surface area (Å²) in [6, 6.07) is 0. The van der Waals surface area contributed by atoms with Crippen molar-refractivity contribution >= 4 is 5.78 Å². The van der Waals surface area contributed by atoms with Crippen LogP contribution in [0, 0.1) is 0 Å². The molecule has 0 bridgehead atoms. The number of hydrogen-bond acceptors (Lipinski definition) is 4. The number of ether oxygens (including phenoxy) is 2. The molecule has 0 aliphatic rings. The SMILES string of the molecule is CCC(C)(CCN)OCC(C)(C)OCCC(C)=O. The summed E-state index contributed by atoms with van der Waals surface area (Å²) in [4.78, 5) is 10.9. The van der Waals surface area contributed by atoms with Gasteiger partial charge in [0.05, 0.1) is 24.4 Å². The fourth-order valence-electron chi connectivity index (χ4n) is 1.52. The second-order valence-electron chi connectivity index (χ2n) is 5.69. The Bertz CT molecular complexity index is 253. The van der Waals surface area contributed by atoms with Gasteiger partial charge in [-0.15, -0.1) is 0 Å². The number of ketones is 1. The van der Waals surface area contributed by atoms with Crippen molar-refractivity contribution in [2.24, 2.45) is 5.73 Å². The van der Waals surface area contributed by atoms with Crippen LogP contribution in [0.3, 0.4) is 0 Å². The number of nitrogens with two attached hydrogens (primary N) is 1. The highest BCUT2D eigenvalue weighted by molar-refractivity contribution is 5.75. The third kappa shape index (κ3) is 7.80. The van der Waals surface area contributed by atoms with Crippen LogP contribution < -0.4 is 5.73 Å². The first-order valence-corrected chi connectivity index (χ1v) is 6.72. The predicted octanol–water partition coefficient (Wildman–Crippen LogP) is 2.29. The van der Waals surface area contributed by atoms with Gasteiger partial charge in [0, 0.05) is 6.42 Å². The van der Waals surface area contributed by atoms with Crippen molar-refractivity contribution in [3.05, 3.63) is 0 Å². The molecular weight excluding hydrogens is 230 g/mol. The third-order valence-electron chi connectivity index (χ3n) is 3.14. The van der Waals surface area contributed by atoms with Gasteiger partial charge in [-0.2, -0.15) is 0 Å². The Hall–Kier alpha value is -0.450. The molecule has 4 nitrogen and oxygen atoms in total. The van der Waals surface area contributed by atoms with Crippen LogP contribution in [0.1, 0.15) is 53.9 Å². The Kier molecular flexibility index (Phi) is 7.67. The lowest BCUT2D eigenvalue weighted by atomic mass is 9.98. The Morgan fingerprint density at radius 1 is 1.22 bits per heavy atom. The molecule has 1 atom stereocenters.